The maximum atomic E-state index is 12.9. The predicted molar refractivity (Wildman–Crippen MR) is 115 cm³/mol. The Morgan fingerprint density at radius 2 is 2.19 bits per heavy atom. The lowest BCUT2D eigenvalue weighted by Crippen LogP contribution is -2.47. The third kappa shape index (κ3) is 4.87. The Bertz CT molecular complexity index is 983. The number of nitrogens with zero attached hydrogens (tertiary/aromatic N) is 3. The van der Waals surface area contributed by atoms with Crippen molar-refractivity contribution in [1.82, 2.24) is 25.4 Å². The molecule has 4 heterocycles. The molecule has 0 bridgehead atoms. The van der Waals surface area contributed by atoms with Gasteiger partial charge in [-0.15, -0.1) is 0 Å². The summed E-state index contributed by atoms with van der Waals surface area (Å²) in [5, 5.41) is 20.5. The molecule has 32 heavy (non-hydrogen) atoms. The number of aromatic amines is 1. The number of aromatic nitrogens is 3. The molecule has 2 fully saturated rings. The average Bonchev–Trinajstić information content (AvgIpc) is 3.47. The van der Waals surface area contributed by atoms with E-state index in [1.54, 1.807) is 17.0 Å². The van der Waals surface area contributed by atoms with Crippen LogP contribution in [0.3, 0.4) is 0 Å². The highest BCUT2D eigenvalue weighted by Gasteiger charge is 2.34. The minimum Gasteiger partial charge on any atom is -0.481 e. The van der Waals surface area contributed by atoms with E-state index in [0.717, 1.165) is 0 Å². The molecule has 2 aliphatic rings. The molecule has 0 saturated carbocycles. The molecule has 10 nitrogen and oxygen atoms in total. The summed E-state index contributed by atoms with van der Waals surface area (Å²) >= 11 is 6.23. The van der Waals surface area contributed by atoms with E-state index in [-0.39, 0.29) is 36.6 Å². The number of likely N-dealkylation sites (tertiary alicyclic amines) is 1. The second kappa shape index (κ2) is 9.43. The van der Waals surface area contributed by atoms with Crippen molar-refractivity contribution < 1.29 is 24.2 Å². The van der Waals surface area contributed by atoms with Crippen molar-refractivity contribution >= 4 is 23.4 Å². The first-order valence-electron chi connectivity index (χ1n) is 10.5. The largest absolute Gasteiger partial charge is 0.481 e. The van der Waals surface area contributed by atoms with Crippen LogP contribution >= 0.6 is 11.6 Å². The van der Waals surface area contributed by atoms with E-state index in [0.29, 0.717) is 61.1 Å². The number of hydrogen-bond donors (Lipinski definition) is 3. The molecule has 3 N–H and O–H groups in total. The molecule has 2 amide bonds. The van der Waals surface area contributed by atoms with Crippen LogP contribution in [0, 0.1) is 5.92 Å². The summed E-state index contributed by atoms with van der Waals surface area (Å²) in [5.41, 5.74) is 0.515. The zero-order chi connectivity index (χ0) is 22.7. The summed E-state index contributed by atoms with van der Waals surface area (Å²) < 4.78 is 10.3. The SMILES string of the molecule is COc1cc(-c2cc(C(=O)N3CCC(C(=O)NCC4(O)CCOC4)CC3)n[nH]2)c(Cl)cn1. The topological polar surface area (TPSA) is 130 Å². The van der Waals surface area contributed by atoms with Crippen LogP contribution in [0.1, 0.15) is 29.8 Å². The van der Waals surface area contributed by atoms with Crippen LogP contribution in [0.5, 0.6) is 5.88 Å². The molecular weight excluding hydrogens is 438 g/mol. The smallest absolute Gasteiger partial charge is 0.274 e. The van der Waals surface area contributed by atoms with Gasteiger partial charge in [-0.2, -0.15) is 5.10 Å². The predicted octanol–water partition coefficient (Wildman–Crippen LogP) is 1.25. The minimum atomic E-state index is -0.980. The highest BCUT2D eigenvalue weighted by molar-refractivity contribution is 6.33. The Balaban J connectivity index is 1.32. The number of aliphatic hydroxyl groups is 1. The minimum absolute atomic E-state index is 0.0965. The first-order chi connectivity index (χ1) is 15.4. The van der Waals surface area contributed by atoms with Gasteiger partial charge in [0, 0.05) is 50.2 Å². The standard InChI is InChI=1S/C21H26ClN5O5/c1-31-18-8-14(15(22)10-23-18)16-9-17(26-25-16)20(29)27-5-2-13(3-6-27)19(28)24-11-21(30)4-7-32-12-21/h8-10,13,30H,2-7,11-12H2,1H3,(H,24,28)(H,25,26). The average molecular weight is 464 g/mol. The van der Waals surface area contributed by atoms with Gasteiger partial charge < -0.3 is 24.8 Å². The van der Waals surface area contributed by atoms with E-state index in [1.807, 2.05) is 0 Å². The lowest BCUT2D eigenvalue weighted by Gasteiger charge is -2.31. The van der Waals surface area contributed by atoms with Gasteiger partial charge in [0.05, 0.1) is 30.6 Å². The molecule has 2 saturated heterocycles. The number of amides is 2. The number of carbonyl (C=O) groups excluding carboxylic acids is 2. The molecule has 0 aliphatic carbocycles. The van der Waals surface area contributed by atoms with Crippen LogP contribution in [0.2, 0.25) is 5.02 Å². The van der Waals surface area contributed by atoms with Crippen molar-refractivity contribution in [3.05, 3.63) is 29.0 Å². The normalized spacial score (nSPS) is 21.5. The summed E-state index contributed by atoms with van der Waals surface area (Å²) in [7, 11) is 1.51. The first-order valence-corrected chi connectivity index (χ1v) is 10.9. The van der Waals surface area contributed by atoms with Crippen LogP contribution in [0.25, 0.3) is 11.3 Å². The fraction of sp³-hybridized carbons (Fsp3) is 0.524. The summed E-state index contributed by atoms with van der Waals surface area (Å²) in [6.07, 6.45) is 3.10. The van der Waals surface area contributed by atoms with E-state index in [9.17, 15) is 14.7 Å². The molecule has 0 aromatic carbocycles. The van der Waals surface area contributed by atoms with Crippen molar-refractivity contribution in [1.29, 1.82) is 0 Å². The maximum absolute atomic E-state index is 12.9. The van der Waals surface area contributed by atoms with Gasteiger partial charge in [0.1, 0.15) is 5.60 Å². The molecule has 1 atom stereocenters. The van der Waals surface area contributed by atoms with Crippen molar-refractivity contribution in [3.63, 3.8) is 0 Å². The number of rotatable bonds is 6. The second-order valence-corrected chi connectivity index (χ2v) is 8.59. The summed E-state index contributed by atoms with van der Waals surface area (Å²) in [4.78, 5) is 31.1. The monoisotopic (exact) mass is 463 g/mol. The molecule has 0 spiro atoms. The number of piperidine rings is 1. The molecule has 4 rings (SSSR count). The van der Waals surface area contributed by atoms with Gasteiger partial charge in [-0.25, -0.2) is 4.98 Å². The first kappa shape index (κ1) is 22.5. The van der Waals surface area contributed by atoms with E-state index in [4.69, 9.17) is 21.1 Å². The Morgan fingerprint density at radius 1 is 1.41 bits per heavy atom. The number of pyridine rings is 1. The van der Waals surface area contributed by atoms with E-state index in [1.165, 1.54) is 13.3 Å². The van der Waals surface area contributed by atoms with Gasteiger partial charge >= 0.3 is 0 Å². The van der Waals surface area contributed by atoms with Gasteiger partial charge in [0.2, 0.25) is 11.8 Å². The second-order valence-electron chi connectivity index (χ2n) is 8.18. The highest BCUT2D eigenvalue weighted by Crippen LogP contribution is 2.29. The molecule has 1 unspecified atom stereocenters. The fourth-order valence-corrected chi connectivity index (χ4v) is 4.15. The Morgan fingerprint density at radius 3 is 2.88 bits per heavy atom. The number of hydrogen-bond acceptors (Lipinski definition) is 7. The summed E-state index contributed by atoms with van der Waals surface area (Å²) in [6, 6.07) is 3.31. The molecule has 2 aromatic rings. The fourth-order valence-electron chi connectivity index (χ4n) is 3.95. The van der Waals surface area contributed by atoms with Gasteiger partial charge in [0.15, 0.2) is 5.69 Å². The van der Waals surface area contributed by atoms with Crippen LogP contribution in [0.15, 0.2) is 18.3 Å². The van der Waals surface area contributed by atoms with E-state index in [2.05, 4.69) is 20.5 Å². The summed E-state index contributed by atoms with van der Waals surface area (Å²) in [5.74, 6) is -0.0933. The third-order valence-electron chi connectivity index (χ3n) is 5.95. The van der Waals surface area contributed by atoms with Crippen molar-refractivity contribution in [2.75, 3.05) is 40.0 Å². The number of carbonyl (C=O) groups is 2. The van der Waals surface area contributed by atoms with Crippen LogP contribution < -0.4 is 10.1 Å². The Labute approximate surface area is 190 Å². The molecule has 11 heteroatoms. The van der Waals surface area contributed by atoms with Gasteiger partial charge in [-0.05, 0) is 18.9 Å². The van der Waals surface area contributed by atoms with Gasteiger partial charge in [0.25, 0.3) is 5.91 Å². The van der Waals surface area contributed by atoms with Gasteiger partial charge in [-0.1, -0.05) is 11.6 Å². The Hall–Kier alpha value is -2.69. The number of H-pyrrole nitrogens is 1. The van der Waals surface area contributed by atoms with E-state index >= 15 is 0 Å². The quantitative estimate of drug-likeness (QED) is 0.587. The molecule has 172 valence electrons. The lowest BCUT2D eigenvalue weighted by atomic mass is 9.95. The summed E-state index contributed by atoms with van der Waals surface area (Å²) in [6.45, 7) is 1.84. The number of halogens is 1. The molecule has 2 aliphatic heterocycles. The van der Waals surface area contributed by atoms with Crippen molar-refractivity contribution in [2.45, 2.75) is 24.9 Å². The van der Waals surface area contributed by atoms with E-state index < -0.39 is 5.60 Å². The number of ether oxygens (including phenoxy) is 2. The van der Waals surface area contributed by atoms with Crippen LogP contribution in [-0.2, 0) is 9.53 Å². The van der Waals surface area contributed by atoms with Crippen LogP contribution in [0.4, 0.5) is 0 Å². The zero-order valence-corrected chi connectivity index (χ0v) is 18.5. The maximum Gasteiger partial charge on any atom is 0.274 e. The van der Waals surface area contributed by atoms with Crippen LogP contribution in [-0.4, -0.2) is 82.6 Å². The van der Waals surface area contributed by atoms with Gasteiger partial charge in [-0.3, -0.25) is 14.7 Å². The Kier molecular flexibility index (Phi) is 6.63. The molecular formula is C21H26ClN5O5. The third-order valence-corrected chi connectivity index (χ3v) is 6.25. The lowest BCUT2D eigenvalue weighted by molar-refractivity contribution is -0.127. The van der Waals surface area contributed by atoms with Crippen molar-refractivity contribution in [2.24, 2.45) is 5.92 Å². The number of nitrogens with one attached hydrogen (secondary N) is 2. The van der Waals surface area contributed by atoms with Crippen molar-refractivity contribution in [3.8, 4) is 17.1 Å². The highest BCUT2D eigenvalue weighted by atomic mass is 35.5. The molecule has 0 radical (unpaired) electrons. The number of methoxy groups -OCH3 is 1. The molecule has 2 aromatic heterocycles. The zero-order valence-electron chi connectivity index (χ0n) is 17.8.